The van der Waals surface area contributed by atoms with E-state index in [1.165, 1.54) is 0 Å². The summed E-state index contributed by atoms with van der Waals surface area (Å²) in [5.74, 6) is 0.649. The summed E-state index contributed by atoms with van der Waals surface area (Å²) in [6.45, 7) is 2.12. The highest BCUT2D eigenvalue weighted by molar-refractivity contribution is 6.04. The van der Waals surface area contributed by atoms with E-state index in [0.717, 1.165) is 0 Å². The van der Waals surface area contributed by atoms with Crippen LogP contribution in [0, 0.1) is 0 Å². The number of morpholine rings is 1. The summed E-state index contributed by atoms with van der Waals surface area (Å²) in [5, 5.41) is 0. The third-order valence-corrected chi connectivity index (χ3v) is 3.21. The topological polar surface area (TPSA) is 65.1 Å². The minimum absolute atomic E-state index is 0.0705. The molecule has 0 radical (unpaired) electrons. The number of benzene rings is 1. The highest BCUT2D eigenvalue weighted by atomic mass is 16.7. The van der Waals surface area contributed by atoms with Crippen LogP contribution < -0.4 is 9.47 Å². The van der Waals surface area contributed by atoms with Crippen LogP contribution in [0.1, 0.15) is 20.7 Å². The maximum atomic E-state index is 12.5. The number of nitrogens with zero attached hydrogens (tertiary/aromatic N) is 1. The van der Waals surface area contributed by atoms with Gasteiger partial charge in [0.15, 0.2) is 17.8 Å². The first-order chi connectivity index (χ1) is 9.31. The number of fused-ring (bicyclic) bond motifs is 1. The van der Waals surface area contributed by atoms with Crippen molar-refractivity contribution in [2.75, 3.05) is 33.1 Å². The summed E-state index contributed by atoms with van der Waals surface area (Å²) < 4.78 is 15.8. The Morgan fingerprint density at radius 1 is 1.21 bits per heavy atom. The summed E-state index contributed by atoms with van der Waals surface area (Å²) >= 11 is 0. The fourth-order valence-corrected chi connectivity index (χ4v) is 2.23. The highest BCUT2D eigenvalue weighted by Gasteiger charge is 2.29. The third-order valence-electron chi connectivity index (χ3n) is 3.21. The van der Waals surface area contributed by atoms with Gasteiger partial charge in [-0.3, -0.25) is 9.59 Å². The van der Waals surface area contributed by atoms with Crippen molar-refractivity contribution in [2.24, 2.45) is 0 Å². The minimum atomic E-state index is -0.215. The molecule has 2 aliphatic heterocycles. The predicted molar refractivity (Wildman–Crippen MR) is 64.7 cm³/mol. The summed E-state index contributed by atoms with van der Waals surface area (Å²) in [4.78, 5) is 25.3. The molecule has 1 fully saturated rings. The molecule has 0 spiro atoms. The number of hydrogen-bond acceptors (Lipinski definition) is 5. The molecule has 0 aliphatic carbocycles. The molecule has 3 rings (SSSR count). The molecule has 0 bridgehead atoms. The zero-order valence-corrected chi connectivity index (χ0v) is 10.3. The molecule has 1 aromatic carbocycles. The molecule has 6 heteroatoms. The number of hydrogen-bond donors (Lipinski definition) is 0. The van der Waals surface area contributed by atoms with Crippen LogP contribution in [0.3, 0.4) is 0 Å². The molecule has 100 valence electrons. The maximum absolute atomic E-state index is 12.5. The molecule has 1 saturated heterocycles. The van der Waals surface area contributed by atoms with Gasteiger partial charge in [0.1, 0.15) is 0 Å². The number of amides is 1. The summed E-state index contributed by atoms with van der Waals surface area (Å²) in [6, 6.07) is 3.22. The van der Waals surface area contributed by atoms with Crippen LogP contribution in [0.5, 0.6) is 11.5 Å². The lowest BCUT2D eigenvalue weighted by atomic mass is 10.0. The van der Waals surface area contributed by atoms with Crippen molar-refractivity contribution in [1.29, 1.82) is 0 Å². The molecule has 0 N–H and O–H groups in total. The van der Waals surface area contributed by atoms with Crippen molar-refractivity contribution in [1.82, 2.24) is 4.90 Å². The van der Waals surface area contributed by atoms with E-state index in [4.69, 9.17) is 14.2 Å². The smallest absolute Gasteiger partial charge is 0.258 e. The van der Waals surface area contributed by atoms with Crippen LogP contribution in [0.15, 0.2) is 12.1 Å². The van der Waals surface area contributed by atoms with Gasteiger partial charge in [-0.15, -0.1) is 0 Å². The van der Waals surface area contributed by atoms with Crippen LogP contribution in [-0.2, 0) is 4.74 Å². The van der Waals surface area contributed by atoms with Crippen LogP contribution in [0.4, 0.5) is 0 Å². The Morgan fingerprint density at radius 2 is 2.00 bits per heavy atom. The van der Waals surface area contributed by atoms with E-state index in [9.17, 15) is 9.59 Å². The molecule has 1 aromatic rings. The lowest BCUT2D eigenvalue weighted by molar-refractivity contribution is 0.0299. The number of carbonyl (C=O) groups excluding carboxylic acids is 2. The molecule has 0 atom stereocenters. The number of carbonyl (C=O) groups is 2. The summed E-state index contributed by atoms with van der Waals surface area (Å²) in [5.41, 5.74) is 0.604. The molecule has 1 amide bonds. The van der Waals surface area contributed by atoms with E-state index in [0.29, 0.717) is 49.7 Å². The van der Waals surface area contributed by atoms with E-state index in [-0.39, 0.29) is 18.3 Å². The monoisotopic (exact) mass is 263 g/mol. The van der Waals surface area contributed by atoms with Crippen LogP contribution in [0.25, 0.3) is 0 Å². The Kier molecular flexibility index (Phi) is 3.08. The van der Waals surface area contributed by atoms with Gasteiger partial charge >= 0.3 is 0 Å². The molecule has 6 nitrogen and oxygen atoms in total. The highest BCUT2D eigenvalue weighted by Crippen LogP contribution is 2.37. The Bertz CT molecular complexity index is 522. The molecular formula is C13H13NO5. The number of ether oxygens (including phenoxy) is 3. The van der Waals surface area contributed by atoms with Crippen LogP contribution in [-0.4, -0.2) is 50.2 Å². The van der Waals surface area contributed by atoms with E-state index >= 15 is 0 Å². The van der Waals surface area contributed by atoms with Gasteiger partial charge in [0.2, 0.25) is 6.79 Å². The van der Waals surface area contributed by atoms with Gasteiger partial charge in [0, 0.05) is 18.7 Å². The second-order valence-electron chi connectivity index (χ2n) is 4.29. The van der Waals surface area contributed by atoms with Gasteiger partial charge in [-0.1, -0.05) is 0 Å². The molecular weight excluding hydrogens is 250 g/mol. The standard InChI is InChI=1S/C13H13NO5/c15-7-9-1-2-10-12(19-8-18-10)11(9)13(16)14-3-5-17-6-4-14/h1-2,7H,3-6,8H2. The first kappa shape index (κ1) is 12.0. The van der Waals surface area contributed by atoms with Gasteiger partial charge in [-0.05, 0) is 12.1 Å². The first-order valence-electron chi connectivity index (χ1n) is 6.06. The quantitative estimate of drug-likeness (QED) is 0.735. The van der Waals surface area contributed by atoms with E-state index in [1.807, 2.05) is 0 Å². The Labute approximate surface area is 109 Å². The Morgan fingerprint density at radius 3 is 2.74 bits per heavy atom. The van der Waals surface area contributed by atoms with Gasteiger partial charge < -0.3 is 19.1 Å². The summed E-state index contributed by atoms with van der Waals surface area (Å²) in [6.07, 6.45) is 0.662. The first-order valence-corrected chi connectivity index (χ1v) is 6.06. The van der Waals surface area contributed by atoms with Crippen molar-refractivity contribution in [3.05, 3.63) is 23.3 Å². The number of aldehydes is 1. The van der Waals surface area contributed by atoms with Gasteiger partial charge in [-0.2, -0.15) is 0 Å². The lowest BCUT2D eigenvalue weighted by Crippen LogP contribution is -2.41. The Balaban J connectivity index is 2.00. The summed E-state index contributed by atoms with van der Waals surface area (Å²) in [7, 11) is 0. The molecule has 19 heavy (non-hydrogen) atoms. The fraction of sp³-hybridized carbons (Fsp3) is 0.385. The SMILES string of the molecule is O=Cc1ccc2c(c1C(=O)N1CCOCC1)OCO2. The zero-order chi connectivity index (χ0) is 13.2. The van der Waals surface area contributed by atoms with E-state index in [2.05, 4.69) is 0 Å². The average molecular weight is 263 g/mol. The van der Waals surface area contributed by atoms with Crippen molar-refractivity contribution >= 4 is 12.2 Å². The van der Waals surface area contributed by atoms with Crippen LogP contribution >= 0.6 is 0 Å². The lowest BCUT2D eigenvalue weighted by Gasteiger charge is -2.27. The Hall–Kier alpha value is -2.08. The molecule has 0 unspecified atom stereocenters. The average Bonchev–Trinajstić information content (AvgIpc) is 2.94. The van der Waals surface area contributed by atoms with E-state index < -0.39 is 0 Å². The van der Waals surface area contributed by atoms with Gasteiger partial charge in [0.25, 0.3) is 5.91 Å². The predicted octanol–water partition coefficient (Wildman–Crippen LogP) is 0.700. The van der Waals surface area contributed by atoms with Crippen molar-refractivity contribution < 1.29 is 23.8 Å². The maximum Gasteiger partial charge on any atom is 0.258 e. The minimum Gasteiger partial charge on any atom is -0.454 e. The van der Waals surface area contributed by atoms with Crippen molar-refractivity contribution in [3.63, 3.8) is 0 Å². The second kappa shape index (κ2) is 4.89. The fourth-order valence-electron chi connectivity index (χ4n) is 2.23. The van der Waals surface area contributed by atoms with Crippen LogP contribution in [0.2, 0.25) is 0 Å². The second-order valence-corrected chi connectivity index (χ2v) is 4.29. The normalized spacial score (nSPS) is 17.4. The largest absolute Gasteiger partial charge is 0.454 e. The van der Waals surface area contributed by atoms with Crippen molar-refractivity contribution in [2.45, 2.75) is 0 Å². The number of rotatable bonds is 2. The zero-order valence-electron chi connectivity index (χ0n) is 10.3. The van der Waals surface area contributed by atoms with Crippen molar-refractivity contribution in [3.8, 4) is 11.5 Å². The van der Waals surface area contributed by atoms with Gasteiger partial charge in [0.05, 0.1) is 18.8 Å². The molecule has 0 saturated carbocycles. The molecule has 2 aliphatic rings. The van der Waals surface area contributed by atoms with Gasteiger partial charge in [-0.25, -0.2) is 0 Å². The molecule has 2 heterocycles. The molecule has 0 aromatic heterocycles. The third kappa shape index (κ3) is 2.04. The van der Waals surface area contributed by atoms with E-state index in [1.54, 1.807) is 17.0 Å².